The number of aliphatic hydroxyl groups is 2. The quantitative estimate of drug-likeness (QED) is 0.503. The van der Waals surface area contributed by atoms with Gasteiger partial charge in [0.2, 0.25) is 0 Å². The van der Waals surface area contributed by atoms with Crippen LogP contribution in [0.5, 0.6) is 0 Å². The second-order valence-corrected chi connectivity index (χ2v) is 6.24. The molecule has 0 atom stereocenters. The molecule has 0 rings (SSSR count). The first-order chi connectivity index (χ1) is 7.91. The lowest BCUT2D eigenvalue weighted by Gasteiger charge is -2.02. The number of thioether (sulfide) groups is 2. The van der Waals surface area contributed by atoms with Crippen LogP contribution in [-0.2, 0) is 0 Å². The van der Waals surface area contributed by atoms with Crippen LogP contribution in [0.25, 0.3) is 0 Å². The monoisotopic (exact) mass is 266 g/mol. The van der Waals surface area contributed by atoms with E-state index in [0.29, 0.717) is 13.2 Å². The van der Waals surface area contributed by atoms with E-state index in [1.165, 1.54) is 50.0 Å². The van der Waals surface area contributed by atoms with E-state index in [4.69, 9.17) is 10.2 Å². The van der Waals surface area contributed by atoms with Gasteiger partial charge in [0.15, 0.2) is 0 Å². The Morgan fingerprint density at radius 1 is 0.500 bits per heavy atom. The highest BCUT2D eigenvalue weighted by atomic mass is 32.2. The van der Waals surface area contributed by atoms with Gasteiger partial charge in [-0.1, -0.05) is 25.7 Å². The Kier molecular flexibility index (Phi) is 16.2. The molecule has 0 bridgehead atoms. The Balaban J connectivity index is 2.83. The minimum absolute atomic E-state index is 0.316. The average molecular weight is 266 g/mol. The maximum Gasteiger partial charge on any atom is 0.0521 e. The van der Waals surface area contributed by atoms with Gasteiger partial charge in [-0.3, -0.25) is 0 Å². The molecule has 0 aliphatic carbocycles. The summed E-state index contributed by atoms with van der Waals surface area (Å²) in [5.41, 5.74) is 0. The van der Waals surface area contributed by atoms with Gasteiger partial charge in [0, 0.05) is 11.5 Å². The second kappa shape index (κ2) is 15.6. The van der Waals surface area contributed by atoms with Gasteiger partial charge in [-0.2, -0.15) is 23.5 Å². The first-order valence-electron chi connectivity index (χ1n) is 6.29. The second-order valence-electron chi connectivity index (χ2n) is 3.79. The van der Waals surface area contributed by atoms with Crippen LogP contribution >= 0.6 is 23.5 Å². The van der Waals surface area contributed by atoms with E-state index in [1.54, 1.807) is 0 Å². The standard InChI is InChI=1S/C12H26O2S2/c13-7-11-15-9-5-3-1-2-4-6-10-16-12-8-14/h13-14H,1-12H2. The predicted molar refractivity (Wildman–Crippen MR) is 76.5 cm³/mol. The molecule has 0 aromatic heterocycles. The summed E-state index contributed by atoms with van der Waals surface area (Å²) in [5, 5.41) is 17.2. The van der Waals surface area contributed by atoms with E-state index in [9.17, 15) is 0 Å². The third kappa shape index (κ3) is 14.6. The Labute approximate surface area is 109 Å². The molecule has 2 N–H and O–H groups in total. The molecular weight excluding hydrogens is 240 g/mol. The molecule has 2 nitrogen and oxygen atoms in total. The van der Waals surface area contributed by atoms with E-state index < -0.39 is 0 Å². The van der Waals surface area contributed by atoms with Crippen LogP contribution in [0.1, 0.15) is 38.5 Å². The number of hydrogen-bond acceptors (Lipinski definition) is 4. The van der Waals surface area contributed by atoms with E-state index in [0.717, 1.165) is 11.5 Å². The molecule has 0 amide bonds. The van der Waals surface area contributed by atoms with Crippen molar-refractivity contribution in [2.75, 3.05) is 36.2 Å². The van der Waals surface area contributed by atoms with Crippen molar-refractivity contribution >= 4 is 23.5 Å². The average Bonchev–Trinajstić information content (AvgIpc) is 2.31. The normalized spacial score (nSPS) is 10.9. The Hall–Kier alpha value is 0.620. The van der Waals surface area contributed by atoms with Crippen molar-refractivity contribution in [3.63, 3.8) is 0 Å². The van der Waals surface area contributed by atoms with Gasteiger partial charge < -0.3 is 10.2 Å². The Bertz CT molecular complexity index is 110. The highest BCUT2D eigenvalue weighted by molar-refractivity contribution is 7.99. The van der Waals surface area contributed by atoms with E-state index in [2.05, 4.69) is 0 Å². The highest BCUT2D eigenvalue weighted by Gasteiger charge is 1.93. The third-order valence-corrected chi connectivity index (χ3v) is 4.40. The summed E-state index contributed by atoms with van der Waals surface area (Å²) in [6.45, 7) is 0.631. The summed E-state index contributed by atoms with van der Waals surface area (Å²) in [6, 6.07) is 0. The molecule has 16 heavy (non-hydrogen) atoms. The third-order valence-electron chi connectivity index (χ3n) is 2.30. The molecule has 0 aromatic rings. The van der Waals surface area contributed by atoms with Crippen molar-refractivity contribution in [1.29, 1.82) is 0 Å². The Morgan fingerprint density at radius 3 is 1.25 bits per heavy atom. The van der Waals surface area contributed by atoms with Gasteiger partial charge in [0.25, 0.3) is 0 Å². The topological polar surface area (TPSA) is 40.5 Å². The van der Waals surface area contributed by atoms with Crippen molar-refractivity contribution in [3.05, 3.63) is 0 Å². The van der Waals surface area contributed by atoms with E-state index in [1.807, 2.05) is 23.5 Å². The number of rotatable bonds is 13. The number of unbranched alkanes of at least 4 members (excludes halogenated alkanes) is 5. The molecule has 0 spiro atoms. The SMILES string of the molecule is OCCSCCCCCCCCSCCO. The van der Waals surface area contributed by atoms with E-state index in [-0.39, 0.29) is 0 Å². The molecule has 0 fully saturated rings. The first kappa shape index (κ1) is 16.6. The summed E-state index contributed by atoms with van der Waals surface area (Å²) in [6.07, 6.45) is 7.97. The molecule has 0 unspecified atom stereocenters. The summed E-state index contributed by atoms with van der Waals surface area (Å²) in [5.74, 6) is 4.18. The maximum absolute atomic E-state index is 8.59. The fraction of sp³-hybridized carbons (Fsp3) is 1.00. The van der Waals surface area contributed by atoms with Crippen LogP contribution in [0, 0.1) is 0 Å². The molecule has 98 valence electrons. The van der Waals surface area contributed by atoms with Crippen LogP contribution in [0.4, 0.5) is 0 Å². The molecule has 0 aliphatic rings. The molecule has 0 heterocycles. The maximum atomic E-state index is 8.59. The molecule has 0 aliphatic heterocycles. The van der Waals surface area contributed by atoms with Crippen molar-refractivity contribution in [3.8, 4) is 0 Å². The van der Waals surface area contributed by atoms with Crippen molar-refractivity contribution < 1.29 is 10.2 Å². The molecular formula is C12H26O2S2. The lowest BCUT2D eigenvalue weighted by molar-refractivity contribution is 0.322. The summed E-state index contributed by atoms with van der Waals surface area (Å²) in [7, 11) is 0. The van der Waals surface area contributed by atoms with Gasteiger partial charge in [0.1, 0.15) is 0 Å². The lowest BCUT2D eigenvalue weighted by atomic mass is 10.1. The van der Waals surface area contributed by atoms with Crippen LogP contribution in [0.3, 0.4) is 0 Å². The smallest absolute Gasteiger partial charge is 0.0521 e. The van der Waals surface area contributed by atoms with Gasteiger partial charge in [-0.15, -0.1) is 0 Å². The summed E-state index contributed by atoms with van der Waals surface area (Å²) < 4.78 is 0. The number of hydrogen-bond donors (Lipinski definition) is 2. The minimum Gasteiger partial charge on any atom is -0.396 e. The zero-order valence-corrected chi connectivity index (χ0v) is 11.8. The lowest BCUT2D eigenvalue weighted by Crippen LogP contribution is -1.90. The van der Waals surface area contributed by atoms with Gasteiger partial charge in [-0.05, 0) is 24.3 Å². The first-order valence-corrected chi connectivity index (χ1v) is 8.60. The van der Waals surface area contributed by atoms with Crippen LogP contribution < -0.4 is 0 Å². The van der Waals surface area contributed by atoms with Gasteiger partial charge in [0.05, 0.1) is 13.2 Å². The minimum atomic E-state index is 0.316. The summed E-state index contributed by atoms with van der Waals surface area (Å²) in [4.78, 5) is 0. The fourth-order valence-corrected chi connectivity index (χ4v) is 2.93. The predicted octanol–water partition coefficient (Wildman–Crippen LogP) is 2.78. The van der Waals surface area contributed by atoms with Crippen LogP contribution in [0.2, 0.25) is 0 Å². The Morgan fingerprint density at radius 2 is 0.875 bits per heavy atom. The van der Waals surface area contributed by atoms with Crippen LogP contribution in [0.15, 0.2) is 0 Å². The molecule has 0 aromatic carbocycles. The molecule has 0 saturated carbocycles. The summed E-state index contributed by atoms with van der Waals surface area (Å²) >= 11 is 3.71. The highest BCUT2D eigenvalue weighted by Crippen LogP contribution is 2.11. The van der Waals surface area contributed by atoms with Gasteiger partial charge in [-0.25, -0.2) is 0 Å². The van der Waals surface area contributed by atoms with Crippen molar-refractivity contribution in [2.24, 2.45) is 0 Å². The molecule has 0 saturated heterocycles. The largest absolute Gasteiger partial charge is 0.396 e. The molecule has 4 heteroatoms. The van der Waals surface area contributed by atoms with Gasteiger partial charge >= 0.3 is 0 Å². The molecule has 0 radical (unpaired) electrons. The van der Waals surface area contributed by atoms with E-state index >= 15 is 0 Å². The van der Waals surface area contributed by atoms with Crippen LogP contribution in [-0.4, -0.2) is 46.4 Å². The van der Waals surface area contributed by atoms with Crippen molar-refractivity contribution in [1.82, 2.24) is 0 Å². The zero-order valence-electron chi connectivity index (χ0n) is 10.2. The zero-order chi connectivity index (χ0) is 11.9. The van der Waals surface area contributed by atoms with Crippen molar-refractivity contribution in [2.45, 2.75) is 38.5 Å². The number of aliphatic hydroxyl groups excluding tert-OH is 2. The fourth-order valence-electron chi connectivity index (χ4n) is 1.45.